The van der Waals surface area contributed by atoms with Crippen LogP contribution in [0, 0.1) is 11.6 Å². The lowest BCUT2D eigenvalue weighted by atomic mass is 10.0. The zero-order valence-corrected chi connectivity index (χ0v) is 19.0. The number of aliphatic hydroxyl groups excluding tert-OH is 1. The van der Waals surface area contributed by atoms with E-state index in [0.717, 1.165) is 10.7 Å². The third kappa shape index (κ3) is 3.68. The summed E-state index contributed by atoms with van der Waals surface area (Å²) in [5.41, 5.74) is -0.482. The van der Waals surface area contributed by atoms with Gasteiger partial charge in [0.25, 0.3) is 5.91 Å². The molecule has 2 aromatic carbocycles. The van der Waals surface area contributed by atoms with E-state index in [2.05, 4.69) is 5.10 Å². The lowest BCUT2D eigenvalue weighted by Crippen LogP contribution is -2.50. The Morgan fingerprint density at radius 2 is 1.88 bits per heavy atom. The Labute approximate surface area is 193 Å². The first-order valence-electron chi connectivity index (χ1n) is 10.4. The minimum atomic E-state index is -0.861. The molecule has 174 valence electrons. The summed E-state index contributed by atoms with van der Waals surface area (Å²) in [6, 6.07) is 6.33. The minimum Gasteiger partial charge on any atom is -0.388 e. The van der Waals surface area contributed by atoms with Gasteiger partial charge in [-0.2, -0.15) is 4.68 Å². The molecule has 1 amide bonds. The quantitative estimate of drug-likeness (QED) is 0.609. The molecule has 0 aliphatic carbocycles. The fraction of sp³-hybridized carbons (Fsp3) is 0.318. The molecule has 0 bridgehead atoms. The maximum absolute atomic E-state index is 15.2. The molecule has 4 rings (SSSR count). The molecule has 0 unspecified atom stereocenters. The Bertz CT molecular complexity index is 1280. The van der Waals surface area contributed by atoms with Crippen molar-refractivity contribution < 1.29 is 18.7 Å². The number of hydrogen-bond donors (Lipinski definition) is 1. The third-order valence-corrected chi connectivity index (χ3v) is 5.90. The SMILES string of the molecule is CCn1c(CO)nn(-c2cc3c(cc2F)C(=O)N(c2c(F)cccc2Cl)CN3C(C)C)c1=O. The molecule has 8 nitrogen and oxygen atoms in total. The molecule has 2 heterocycles. The van der Waals surface area contributed by atoms with Gasteiger partial charge in [-0.05, 0) is 45.0 Å². The van der Waals surface area contributed by atoms with E-state index in [1.54, 1.807) is 11.8 Å². The number of amides is 1. The van der Waals surface area contributed by atoms with Crippen LogP contribution in [0.25, 0.3) is 5.69 Å². The van der Waals surface area contributed by atoms with Crippen molar-refractivity contribution in [1.82, 2.24) is 14.3 Å². The first-order chi connectivity index (χ1) is 15.7. The maximum Gasteiger partial charge on any atom is 0.350 e. The summed E-state index contributed by atoms with van der Waals surface area (Å²) >= 11 is 6.19. The number of carbonyl (C=O) groups is 1. The number of aliphatic hydroxyl groups is 1. The number of carbonyl (C=O) groups excluding carboxylic acids is 1. The first-order valence-corrected chi connectivity index (χ1v) is 10.7. The molecule has 0 atom stereocenters. The fourth-order valence-electron chi connectivity index (χ4n) is 3.95. The number of rotatable bonds is 5. The van der Waals surface area contributed by atoms with Gasteiger partial charge in [0, 0.05) is 12.6 Å². The van der Waals surface area contributed by atoms with Crippen LogP contribution in [0.1, 0.15) is 37.0 Å². The average molecular weight is 478 g/mol. The van der Waals surface area contributed by atoms with Crippen LogP contribution in [-0.4, -0.2) is 38.1 Å². The molecule has 0 spiro atoms. The van der Waals surface area contributed by atoms with Gasteiger partial charge in [-0.25, -0.2) is 13.6 Å². The number of benzene rings is 2. The number of aromatic nitrogens is 3. The average Bonchev–Trinajstić information content (AvgIpc) is 3.10. The maximum atomic E-state index is 15.2. The summed E-state index contributed by atoms with van der Waals surface area (Å²) in [6.07, 6.45) is 0. The molecule has 0 saturated carbocycles. The Hall–Kier alpha value is -3.24. The van der Waals surface area contributed by atoms with E-state index in [1.165, 1.54) is 33.7 Å². The van der Waals surface area contributed by atoms with Gasteiger partial charge in [0.05, 0.1) is 22.9 Å². The van der Waals surface area contributed by atoms with E-state index in [9.17, 15) is 19.1 Å². The van der Waals surface area contributed by atoms with Crippen molar-refractivity contribution in [2.24, 2.45) is 0 Å². The number of hydrogen-bond acceptors (Lipinski definition) is 5. The van der Waals surface area contributed by atoms with E-state index >= 15 is 4.39 Å². The molecule has 33 heavy (non-hydrogen) atoms. The van der Waals surface area contributed by atoms with Crippen LogP contribution in [0.2, 0.25) is 5.02 Å². The Morgan fingerprint density at radius 1 is 1.15 bits per heavy atom. The molecule has 0 fully saturated rings. The number of fused-ring (bicyclic) bond motifs is 1. The highest BCUT2D eigenvalue weighted by Crippen LogP contribution is 2.37. The van der Waals surface area contributed by atoms with Crippen LogP contribution in [0.3, 0.4) is 0 Å². The van der Waals surface area contributed by atoms with Gasteiger partial charge in [0.1, 0.15) is 29.6 Å². The summed E-state index contributed by atoms with van der Waals surface area (Å²) in [6.45, 7) is 5.16. The van der Waals surface area contributed by atoms with Crippen LogP contribution < -0.4 is 15.5 Å². The Kier molecular flexibility index (Phi) is 5.98. The van der Waals surface area contributed by atoms with E-state index in [1.807, 2.05) is 13.8 Å². The van der Waals surface area contributed by atoms with Crippen molar-refractivity contribution in [3.8, 4) is 5.69 Å². The fourth-order valence-corrected chi connectivity index (χ4v) is 4.21. The number of halogens is 3. The zero-order chi connectivity index (χ0) is 24.0. The lowest BCUT2D eigenvalue weighted by Gasteiger charge is -2.40. The van der Waals surface area contributed by atoms with Crippen molar-refractivity contribution in [3.05, 3.63) is 68.9 Å². The monoisotopic (exact) mass is 477 g/mol. The Balaban J connectivity index is 1.90. The molecular weight excluding hydrogens is 456 g/mol. The predicted octanol–water partition coefficient (Wildman–Crippen LogP) is 3.31. The Morgan fingerprint density at radius 3 is 2.45 bits per heavy atom. The van der Waals surface area contributed by atoms with Crippen LogP contribution in [0.4, 0.5) is 20.2 Å². The van der Waals surface area contributed by atoms with E-state index < -0.39 is 29.8 Å². The molecule has 1 aliphatic heterocycles. The summed E-state index contributed by atoms with van der Waals surface area (Å²) in [5.74, 6) is -2.06. The van der Waals surface area contributed by atoms with Gasteiger partial charge in [-0.3, -0.25) is 14.3 Å². The van der Waals surface area contributed by atoms with Gasteiger partial charge in [0.15, 0.2) is 5.82 Å². The molecule has 1 aliphatic rings. The number of nitrogens with zero attached hydrogens (tertiary/aromatic N) is 5. The topological polar surface area (TPSA) is 83.6 Å². The van der Waals surface area contributed by atoms with Crippen molar-refractivity contribution in [2.75, 3.05) is 16.5 Å². The van der Waals surface area contributed by atoms with Crippen molar-refractivity contribution in [1.29, 1.82) is 0 Å². The molecule has 1 aromatic heterocycles. The highest BCUT2D eigenvalue weighted by atomic mass is 35.5. The van der Waals surface area contributed by atoms with E-state index in [0.29, 0.717) is 5.69 Å². The predicted molar refractivity (Wildman–Crippen MR) is 120 cm³/mol. The summed E-state index contributed by atoms with van der Waals surface area (Å²) in [4.78, 5) is 29.0. The lowest BCUT2D eigenvalue weighted by molar-refractivity contribution is 0.0980. The molecule has 1 N–H and O–H groups in total. The van der Waals surface area contributed by atoms with Gasteiger partial charge >= 0.3 is 5.69 Å². The first kappa shape index (κ1) is 22.9. The molecule has 3 aromatic rings. The minimum absolute atomic E-state index is 0.000810. The molecule has 11 heteroatoms. The smallest absolute Gasteiger partial charge is 0.350 e. The van der Waals surface area contributed by atoms with Crippen LogP contribution in [0.5, 0.6) is 0 Å². The number of para-hydroxylation sites is 1. The van der Waals surface area contributed by atoms with Crippen LogP contribution in [0.15, 0.2) is 35.1 Å². The van der Waals surface area contributed by atoms with Gasteiger partial charge in [0.2, 0.25) is 0 Å². The second-order valence-electron chi connectivity index (χ2n) is 7.84. The van der Waals surface area contributed by atoms with Crippen molar-refractivity contribution in [2.45, 2.75) is 40.0 Å². The highest BCUT2D eigenvalue weighted by Gasteiger charge is 2.35. The van der Waals surface area contributed by atoms with Crippen LogP contribution >= 0.6 is 11.6 Å². The van der Waals surface area contributed by atoms with E-state index in [-0.39, 0.29) is 47.0 Å². The van der Waals surface area contributed by atoms with Crippen molar-refractivity contribution in [3.63, 3.8) is 0 Å². The normalized spacial score (nSPS) is 13.8. The molecular formula is C22H22ClF2N5O3. The second kappa shape index (κ2) is 8.60. The van der Waals surface area contributed by atoms with Gasteiger partial charge < -0.3 is 10.0 Å². The van der Waals surface area contributed by atoms with Crippen LogP contribution in [-0.2, 0) is 13.2 Å². The standard InChI is InChI=1S/C22H22ClF2N5O3/c1-4-27-19(10-31)26-30(22(27)33)18-9-17-13(8-16(18)25)21(32)29(11-28(17)12(2)3)20-14(23)6-5-7-15(20)24/h5-9,12,31H,4,10-11H2,1-3H3. The molecule has 0 saturated heterocycles. The molecule has 0 radical (unpaired) electrons. The summed E-state index contributed by atoms with van der Waals surface area (Å²) in [5, 5.41) is 13.6. The largest absolute Gasteiger partial charge is 0.388 e. The van der Waals surface area contributed by atoms with E-state index in [4.69, 9.17) is 11.6 Å². The number of anilines is 2. The highest BCUT2D eigenvalue weighted by molar-refractivity contribution is 6.34. The third-order valence-electron chi connectivity index (χ3n) is 5.60. The second-order valence-corrected chi connectivity index (χ2v) is 8.25. The zero-order valence-electron chi connectivity index (χ0n) is 18.2. The van der Waals surface area contributed by atoms with Gasteiger partial charge in [-0.15, -0.1) is 5.10 Å². The summed E-state index contributed by atoms with van der Waals surface area (Å²) in [7, 11) is 0. The van der Waals surface area contributed by atoms with Gasteiger partial charge in [-0.1, -0.05) is 17.7 Å². The summed E-state index contributed by atoms with van der Waals surface area (Å²) < 4.78 is 31.9. The van der Waals surface area contributed by atoms with Crippen molar-refractivity contribution >= 4 is 28.9 Å².